The van der Waals surface area contributed by atoms with E-state index in [1.165, 1.54) is 12.1 Å². The highest BCUT2D eigenvalue weighted by molar-refractivity contribution is 7.92. The zero-order valence-corrected chi connectivity index (χ0v) is 19.5. The van der Waals surface area contributed by atoms with Gasteiger partial charge in [-0.15, -0.1) is 0 Å². The normalized spacial score (nSPS) is 11.3. The number of nitrogens with zero attached hydrogens (tertiary/aromatic N) is 1. The maximum absolute atomic E-state index is 13.5. The Kier molecular flexibility index (Phi) is 7.20. The summed E-state index contributed by atoms with van der Waals surface area (Å²) in [5.41, 5.74) is 2.70. The fraction of sp³-hybridized carbons (Fsp3) is 0.240. The van der Waals surface area contributed by atoms with Gasteiger partial charge in [-0.25, -0.2) is 8.42 Å². The van der Waals surface area contributed by atoms with Gasteiger partial charge in [0.2, 0.25) is 5.91 Å². The number of aryl methyl sites for hydroxylation is 2. The van der Waals surface area contributed by atoms with E-state index in [9.17, 15) is 13.2 Å². The summed E-state index contributed by atoms with van der Waals surface area (Å²) in [4.78, 5) is 13.0. The van der Waals surface area contributed by atoms with Crippen molar-refractivity contribution in [3.63, 3.8) is 0 Å². The van der Waals surface area contributed by atoms with E-state index in [1.54, 1.807) is 48.5 Å². The first-order valence-corrected chi connectivity index (χ1v) is 11.8. The van der Waals surface area contributed by atoms with Crippen LogP contribution in [0.1, 0.15) is 25.0 Å². The number of hydrogen-bond acceptors (Lipinski definition) is 4. The van der Waals surface area contributed by atoms with Gasteiger partial charge < -0.3 is 10.1 Å². The lowest BCUT2D eigenvalue weighted by atomic mass is 10.1. The molecule has 3 rings (SSSR count). The number of benzene rings is 3. The van der Waals surface area contributed by atoms with Crippen molar-refractivity contribution in [2.75, 3.05) is 16.2 Å². The highest BCUT2D eigenvalue weighted by atomic mass is 32.2. The van der Waals surface area contributed by atoms with Crippen molar-refractivity contribution in [2.45, 2.75) is 38.7 Å². The van der Waals surface area contributed by atoms with E-state index in [0.29, 0.717) is 17.1 Å². The summed E-state index contributed by atoms with van der Waals surface area (Å²) in [6.45, 7) is 7.23. The van der Waals surface area contributed by atoms with E-state index in [0.717, 1.165) is 15.4 Å². The summed E-state index contributed by atoms with van der Waals surface area (Å²) in [5.74, 6) is 0.254. The van der Waals surface area contributed by atoms with Crippen LogP contribution in [0.25, 0.3) is 0 Å². The zero-order chi connectivity index (χ0) is 23.3. The van der Waals surface area contributed by atoms with Crippen LogP contribution >= 0.6 is 0 Å². The van der Waals surface area contributed by atoms with Gasteiger partial charge in [-0.1, -0.05) is 30.3 Å². The van der Waals surface area contributed by atoms with Crippen LogP contribution < -0.4 is 14.4 Å². The number of carbonyl (C=O) groups is 1. The van der Waals surface area contributed by atoms with Gasteiger partial charge in [0.15, 0.2) is 0 Å². The van der Waals surface area contributed by atoms with Crippen LogP contribution in [0.4, 0.5) is 11.4 Å². The van der Waals surface area contributed by atoms with Gasteiger partial charge in [-0.05, 0) is 81.3 Å². The second-order valence-electron chi connectivity index (χ2n) is 7.85. The Labute approximate surface area is 189 Å². The average molecular weight is 453 g/mol. The molecule has 0 saturated carbocycles. The van der Waals surface area contributed by atoms with Gasteiger partial charge in [-0.2, -0.15) is 0 Å². The molecule has 0 aromatic heterocycles. The molecule has 0 radical (unpaired) electrons. The summed E-state index contributed by atoms with van der Waals surface area (Å²) >= 11 is 0. The lowest BCUT2D eigenvalue weighted by Crippen LogP contribution is -2.38. The number of nitrogens with one attached hydrogen (secondary N) is 1. The molecular formula is C25H28N2O4S. The molecular weight excluding hydrogens is 424 g/mol. The van der Waals surface area contributed by atoms with E-state index in [4.69, 9.17) is 4.74 Å². The van der Waals surface area contributed by atoms with Crippen molar-refractivity contribution in [1.82, 2.24) is 0 Å². The first-order chi connectivity index (χ1) is 15.2. The Morgan fingerprint density at radius 1 is 0.969 bits per heavy atom. The summed E-state index contributed by atoms with van der Waals surface area (Å²) in [7, 11) is -3.95. The Morgan fingerprint density at radius 2 is 1.62 bits per heavy atom. The van der Waals surface area contributed by atoms with Crippen molar-refractivity contribution in [3.8, 4) is 5.75 Å². The van der Waals surface area contributed by atoms with Gasteiger partial charge in [0.25, 0.3) is 10.0 Å². The standard InChI is InChI=1S/C25H28N2O4S/c1-18(2)31-22-14-12-21(13-15-22)26-25(28)17-27(24-16-19(3)10-11-20(24)4)32(29,30)23-8-6-5-7-9-23/h5-16,18H,17H2,1-4H3,(H,26,28). The van der Waals surface area contributed by atoms with Crippen molar-refractivity contribution < 1.29 is 17.9 Å². The van der Waals surface area contributed by atoms with Gasteiger partial charge in [0.05, 0.1) is 16.7 Å². The Morgan fingerprint density at radius 3 is 2.25 bits per heavy atom. The molecule has 3 aromatic rings. The van der Waals surface area contributed by atoms with E-state index < -0.39 is 15.9 Å². The molecule has 0 saturated heterocycles. The van der Waals surface area contributed by atoms with Crippen LogP contribution in [0, 0.1) is 13.8 Å². The number of anilines is 2. The van der Waals surface area contributed by atoms with Gasteiger partial charge in [0, 0.05) is 5.69 Å². The number of rotatable bonds is 8. The minimum Gasteiger partial charge on any atom is -0.491 e. The highest BCUT2D eigenvalue weighted by Gasteiger charge is 2.28. The summed E-state index contributed by atoms with van der Waals surface area (Å²) in [6, 6.07) is 20.6. The molecule has 7 heteroatoms. The summed E-state index contributed by atoms with van der Waals surface area (Å²) < 4.78 is 33.7. The molecule has 0 heterocycles. The maximum atomic E-state index is 13.5. The number of ether oxygens (including phenoxy) is 1. The fourth-order valence-corrected chi connectivity index (χ4v) is 4.73. The average Bonchev–Trinajstić information content (AvgIpc) is 2.75. The third kappa shape index (κ3) is 5.68. The smallest absolute Gasteiger partial charge is 0.264 e. The second-order valence-corrected chi connectivity index (χ2v) is 9.72. The molecule has 3 aromatic carbocycles. The molecule has 32 heavy (non-hydrogen) atoms. The molecule has 1 amide bonds. The Balaban J connectivity index is 1.89. The summed E-state index contributed by atoms with van der Waals surface area (Å²) in [6.07, 6.45) is 0.0461. The molecule has 0 bridgehead atoms. The van der Waals surface area contributed by atoms with Gasteiger partial charge >= 0.3 is 0 Å². The van der Waals surface area contributed by atoms with Gasteiger partial charge in [0.1, 0.15) is 12.3 Å². The molecule has 0 atom stereocenters. The monoisotopic (exact) mass is 452 g/mol. The molecule has 0 spiro atoms. The Bertz CT molecular complexity index is 1170. The van der Waals surface area contributed by atoms with Crippen LogP contribution in [0.5, 0.6) is 5.75 Å². The van der Waals surface area contributed by atoms with Crippen molar-refractivity contribution in [3.05, 3.63) is 83.9 Å². The lowest BCUT2D eigenvalue weighted by molar-refractivity contribution is -0.114. The molecule has 0 aliphatic carbocycles. The molecule has 1 N–H and O–H groups in total. The SMILES string of the molecule is Cc1ccc(C)c(N(CC(=O)Nc2ccc(OC(C)C)cc2)S(=O)(=O)c2ccccc2)c1. The Hall–Kier alpha value is -3.32. The quantitative estimate of drug-likeness (QED) is 0.526. The minimum absolute atomic E-state index is 0.0461. The minimum atomic E-state index is -3.95. The van der Waals surface area contributed by atoms with Crippen molar-refractivity contribution in [1.29, 1.82) is 0 Å². The predicted octanol–water partition coefficient (Wildman–Crippen LogP) is 4.92. The van der Waals surface area contributed by atoms with E-state index in [-0.39, 0.29) is 17.5 Å². The highest BCUT2D eigenvalue weighted by Crippen LogP contribution is 2.28. The predicted molar refractivity (Wildman–Crippen MR) is 128 cm³/mol. The largest absolute Gasteiger partial charge is 0.491 e. The van der Waals surface area contributed by atoms with Crippen molar-refractivity contribution >= 4 is 27.3 Å². The lowest BCUT2D eigenvalue weighted by Gasteiger charge is -2.26. The third-order valence-corrected chi connectivity index (χ3v) is 6.54. The molecule has 0 aliphatic rings. The summed E-state index contributed by atoms with van der Waals surface area (Å²) in [5, 5.41) is 2.78. The molecule has 168 valence electrons. The fourth-order valence-electron chi connectivity index (χ4n) is 3.23. The maximum Gasteiger partial charge on any atom is 0.264 e. The molecule has 0 fully saturated rings. The van der Waals surface area contributed by atoms with Crippen LogP contribution in [0.3, 0.4) is 0 Å². The van der Waals surface area contributed by atoms with Crippen LogP contribution in [-0.4, -0.2) is 27.0 Å². The first-order valence-electron chi connectivity index (χ1n) is 10.4. The topological polar surface area (TPSA) is 75.7 Å². The molecule has 0 aliphatic heterocycles. The van der Waals surface area contributed by atoms with E-state index in [1.807, 2.05) is 39.8 Å². The van der Waals surface area contributed by atoms with Crippen molar-refractivity contribution in [2.24, 2.45) is 0 Å². The molecule has 0 unspecified atom stereocenters. The van der Waals surface area contributed by atoms with Crippen LogP contribution in [-0.2, 0) is 14.8 Å². The number of hydrogen-bond donors (Lipinski definition) is 1. The third-order valence-electron chi connectivity index (χ3n) is 4.76. The van der Waals surface area contributed by atoms with Crippen LogP contribution in [0.15, 0.2) is 77.7 Å². The van der Waals surface area contributed by atoms with E-state index >= 15 is 0 Å². The second kappa shape index (κ2) is 9.87. The zero-order valence-electron chi connectivity index (χ0n) is 18.7. The number of carbonyl (C=O) groups excluding carboxylic acids is 1. The van der Waals surface area contributed by atoms with E-state index in [2.05, 4.69) is 5.32 Å². The first kappa shape index (κ1) is 23.3. The number of amides is 1. The van der Waals surface area contributed by atoms with Crippen LogP contribution in [0.2, 0.25) is 0 Å². The van der Waals surface area contributed by atoms with Gasteiger partial charge in [-0.3, -0.25) is 9.10 Å². The molecule has 6 nitrogen and oxygen atoms in total. The number of sulfonamides is 1.